The lowest BCUT2D eigenvalue weighted by Crippen LogP contribution is -2.44. The Morgan fingerprint density at radius 3 is 1.73 bits per heavy atom. The van der Waals surface area contributed by atoms with Gasteiger partial charge in [0.15, 0.2) is 12.4 Å². The first-order chi connectivity index (χ1) is 24.6. The van der Waals surface area contributed by atoms with Crippen molar-refractivity contribution in [3.05, 3.63) is 60.8 Å². The van der Waals surface area contributed by atoms with Crippen molar-refractivity contribution >= 4 is 17.9 Å². The molecule has 0 aliphatic carbocycles. The fourth-order valence-electron chi connectivity index (χ4n) is 4.68. The Bertz CT molecular complexity index is 1020. The number of carbonyl (C=O) groups is 3. The van der Waals surface area contributed by atoms with E-state index in [4.69, 9.17) is 18.9 Å². The maximum absolute atomic E-state index is 12.7. The number of nitrogens with zero attached hydrogens (tertiary/aromatic N) is 1. The molecule has 0 saturated heterocycles. The summed E-state index contributed by atoms with van der Waals surface area (Å²) < 4.78 is 22.4. The van der Waals surface area contributed by atoms with Crippen molar-refractivity contribution in [3.63, 3.8) is 0 Å². The lowest BCUT2D eigenvalue weighted by Gasteiger charge is -2.26. The largest absolute Gasteiger partial charge is 0.545 e. The van der Waals surface area contributed by atoms with Crippen LogP contribution in [0.4, 0.5) is 0 Å². The van der Waals surface area contributed by atoms with Crippen molar-refractivity contribution in [2.45, 2.75) is 142 Å². The molecule has 0 N–H and O–H groups in total. The minimum absolute atomic E-state index is 0.135. The molecule has 0 aliphatic rings. The van der Waals surface area contributed by atoms with Crippen LogP contribution in [-0.4, -0.2) is 82.3 Å². The summed E-state index contributed by atoms with van der Waals surface area (Å²) in [4.78, 5) is 36.7. The zero-order chi connectivity index (χ0) is 37.8. The highest BCUT2D eigenvalue weighted by Gasteiger charge is 2.21. The predicted octanol–water partition coefficient (Wildman–Crippen LogP) is 8.10. The monoisotopic (exact) mass is 718 g/mol. The summed E-state index contributed by atoms with van der Waals surface area (Å²) in [6.07, 6.45) is 35.5. The van der Waals surface area contributed by atoms with Crippen molar-refractivity contribution in [1.82, 2.24) is 0 Å². The lowest BCUT2D eigenvalue weighted by atomic mass is 10.1. The molecule has 0 bridgehead atoms. The van der Waals surface area contributed by atoms with Gasteiger partial charge in [-0.2, -0.15) is 0 Å². The highest BCUT2D eigenvalue weighted by Crippen LogP contribution is 2.11. The lowest BCUT2D eigenvalue weighted by molar-refractivity contribution is -0.870. The Labute approximate surface area is 310 Å². The van der Waals surface area contributed by atoms with Crippen LogP contribution in [0.1, 0.15) is 129 Å². The van der Waals surface area contributed by atoms with Gasteiger partial charge in [0.05, 0.1) is 40.3 Å². The molecule has 0 heterocycles. The number of hydrogen-bond acceptors (Lipinski definition) is 8. The highest BCUT2D eigenvalue weighted by molar-refractivity contribution is 5.70. The molecule has 0 fully saturated rings. The van der Waals surface area contributed by atoms with Gasteiger partial charge in [0.2, 0.25) is 0 Å². The Hall–Kier alpha value is -3.01. The van der Waals surface area contributed by atoms with Gasteiger partial charge >= 0.3 is 11.9 Å². The minimum atomic E-state index is -1.63. The van der Waals surface area contributed by atoms with Gasteiger partial charge in [0.25, 0.3) is 0 Å². The van der Waals surface area contributed by atoms with Gasteiger partial charge in [0.1, 0.15) is 13.2 Å². The van der Waals surface area contributed by atoms with E-state index in [0.717, 1.165) is 83.5 Å². The molecule has 0 radical (unpaired) electrons. The number of hydrogen-bond donors (Lipinski definition) is 0. The number of carbonyl (C=O) groups excluding carboxylic acids is 3. The van der Waals surface area contributed by atoms with E-state index in [-0.39, 0.29) is 38.6 Å². The van der Waals surface area contributed by atoms with Gasteiger partial charge in [-0.15, -0.1) is 0 Å². The molecule has 2 atom stereocenters. The molecule has 0 spiro atoms. The summed E-state index contributed by atoms with van der Waals surface area (Å²) in [6.45, 7) is 4.48. The first kappa shape index (κ1) is 48.0. The first-order valence-corrected chi connectivity index (χ1v) is 19.4. The number of unbranched alkanes of at least 4 members (excludes halogenated alkanes) is 9. The number of carboxylic acids is 1. The second-order valence-corrected chi connectivity index (χ2v) is 13.8. The van der Waals surface area contributed by atoms with Crippen LogP contribution in [0.15, 0.2) is 60.8 Å². The molecule has 0 amide bonds. The van der Waals surface area contributed by atoms with Crippen LogP contribution < -0.4 is 5.11 Å². The Morgan fingerprint density at radius 1 is 0.608 bits per heavy atom. The third kappa shape index (κ3) is 35.2. The van der Waals surface area contributed by atoms with E-state index < -0.39 is 24.3 Å². The number of rotatable bonds is 34. The number of carboxylic acid groups (broad SMARTS) is 1. The van der Waals surface area contributed by atoms with Crippen molar-refractivity contribution in [3.8, 4) is 0 Å². The number of allylic oxidation sites excluding steroid dienone is 10. The molecule has 0 saturated carbocycles. The van der Waals surface area contributed by atoms with E-state index in [1.165, 1.54) is 12.8 Å². The second-order valence-electron chi connectivity index (χ2n) is 13.8. The normalized spacial score (nSPS) is 13.7. The minimum Gasteiger partial charge on any atom is -0.545 e. The highest BCUT2D eigenvalue weighted by atomic mass is 16.7. The summed E-state index contributed by atoms with van der Waals surface area (Å²) in [5, 5.41) is 11.6. The summed E-state index contributed by atoms with van der Waals surface area (Å²) in [6, 6.07) is 0. The van der Waals surface area contributed by atoms with Gasteiger partial charge in [-0.05, 0) is 70.6 Å². The fourth-order valence-corrected chi connectivity index (χ4v) is 4.68. The van der Waals surface area contributed by atoms with E-state index in [1.807, 2.05) is 21.1 Å². The van der Waals surface area contributed by atoms with E-state index in [2.05, 4.69) is 74.6 Å². The van der Waals surface area contributed by atoms with E-state index in [1.54, 1.807) is 0 Å². The average molecular weight is 718 g/mol. The van der Waals surface area contributed by atoms with E-state index >= 15 is 0 Å². The quantitative estimate of drug-likeness (QED) is 0.0216. The van der Waals surface area contributed by atoms with Crippen LogP contribution in [0, 0.1) is 0 Å². The van der Waals surface area contributed by atoms with Crippen LogP contribution in [0.25, 0.3) is 0 Å². The molecule has 0 aromatic rings. The zero-order valence-electron chi connectivity index (χ0n) is 32.7. The Morgan fingerprint density at radius 2 is 1.12 bits per heavy atom. The van der Waals surface area contributed by atoms with Crippen molar-refractivity contribution in [2.24, 2.45) is 0 Å². The number of aliphatic carboxylic acids is 1. The number of quaternary nitrogens is 1. The molecular formula is C42H71NO8. The molecule has 0 aliphatic heterocycles. The smallest absolute Gasteiger partial charge is 0.306 e. The molecule has 0 rings (SSSR count). The zero-order valence-corrected chi connectivity index (χ0v) is 32.7. The van der Waals surface area contributed by atoms with Crippen LogP contribution in [-0.2, 0) is 33.3 Å². The molecule has 9 nitrogen and oxygen atoms in total. The Kier molecular flexibility index (Phi) is 32.1. The SMILES string of the molecule is CC/C=C\C/C=C\C/C=C\C/C=C\CCCCC(=O)OC(COC(=O)CCCCCCC/C=C\CCCC)COC(OCC[N+](C)(C)C)C(=O)[O-]. The Balaban J connectivity index is 4.64. The number of ether oxygens (including phenoxy) is 4. The van der Waals surface area contributed by atoms with Crippen molar-refractivity contribution in [2.75, 3.05) is 47.5 Å². The van der Waals surface area contributed by atoms with Gasteiger partial charge in [-0.25, -0.2) is 0 Å². The van der Waals surface area contributed by atoms with Crippen LogP contribution in [0.3, 0.4) is 0 Å². The predicted molar refractivity (Wildman–Crippen MR) is 205 cm³/mol. The van der Waals surface area contributed by atoms with Crippen molar-refractivity contribution in [1.29, 1.82) is 0 Å². The number of esters is 2. The molecular weight excluding hydrogens is 646 g/mol. The maximum atomic E-state index is 12.7. The summed E-state index contributed by atoms with van der Waals surface area (Å²) in [7, 11) is 5.87. The van der Waals surface area contributed by atoms with Crippen LogP contribution >= 0.6 is 0 Å². The fraction of sp³-hybridized carbons (Fsp3) is 0.690. The standard InChI is InChI=1S/C42H71NO8/c1-6-8-10-12-14-16-18-19-20-21-23-25-27-29-31-33-40(45)51-38(37-50-42(41(46)47)48-35-34-43(3,4)5)36-49-39(44)32-30-28-26-24-22-17-15-13-11-9-7-2/h8,10,13-16,19-20,23,25,38,42H,6-7,9,11-12,17-18,21-22,24,26-37H2,1-5H3/b10-8-,15-13-,16-14-,20-19-,25-23-. The molecule has 2 unspecified atom stereocenters. The van der Waals surface area contributed by atoms with Gasteiger partial charge in [-0.3, -0.25) is 9.59 Å². The molecule has 9 heteroatoms. The summed E-state index contributed by atoms with van der Waals surface area (Å²) in [5.74, 6) is -2.37. The van der Waals surface area contributed by atoms with Gasteiger partial charge in [-0.1, -0.05) is 107 Å². The number of likely N-dealkylation sites (N-methyl/N-ethyl adjacent to an activating group) is 1. The maximum Gasteiger partial charge on any atom is 0.306 e. The molecule has 292 valence electrons. The first-order valence-electron chi connectivity index (χ1n) is 19.4. The summed E-state index contributed by atoms with van der Waals surface area (Å²) >= 11 is 0. The molecule has 0 aromatic carbocycles. The third-order valence-electron chi connectivity index (χ3n) is 7.75. The van der Waals surface area contributed by atoms with Gasteiger partial charge in [0, 0.05) is 12.8 Å². The summed E-state index contributed by atoms with van der Waals surface area (Å²) in [5.41, 5.74) is 0. The second kappa shape index (κ2) is 34.1. The average Bonchev–Trinajstić information content (AvgIpc) is 3.08. The third-order valence-corrected chi connectivity index (χ3v) is 7.75. The van der Waals surface area contributed by atoms with Gasteiger partial charge < -0.3 is 33.3 Å². The van der Waals surface area contributed by atoms with E-state index in [9.17, 15) is 19.5 Å². The van der Waals surface area contributed by atoms with E-state index in [0.29, 0.717) is 17.4 Å². The van der Waals surface area contributed by atoms with Crippen molar-refractivity contribution < 1.29 is 42.9 Å². The van der Waals surface area contributed by atoms with Crippen LogP contribution in [0.5, 0.6) is 0 Å². The molecule has 51 heavy (non-hydrogen) atoms. The topological polar surface area (TPSA) is 111 Å². The molecule has 0 aromatic heterocycles. The van der Waals surface area contributed by atoms with Crippen LogP contribution in [0.2, 0.25) is 0 Å².